The number of nitrogens with zero attached hydrogens (tertiary/aromatic N) is 1. The van der Waals surface area contributed by atoms with Crippen LogP contribution in [0.15, 0.2) is 36.7 Å². The number of benzene rings is 1. The molecule has 2 rings (SSSR count). The zero-order chi connectivity index (χ0) is 12.3. The Bertz CT molecular complexity index is 491. The summed E-state index contributed by atoms with van der Waals surface area (Å²) in [6.07, 6.45) is 3.24. The molecule has 0 aliphatic carbocycles. The molecule has 0 saturated heterocycles. The predicted molar refractivity (Wildman–Crippen MR) is 62.3 cm³/mol. The minimum absolute atomic E-state index is 0.0643. The number of rotatable bonds is 3. The fourth-order valence-electron chi connectivity index (χ4n) is 1.45. The SMILES string of the molecule is Nc1cc(F)c(NCc2ccncc2)c(F)c1. The van der Waals surface area contributed by atoms with Crippen molar-refractivity contribution in [1.82, 2.24) is 4.98 Å². The van der Waals surface area contributed by atoms with Crippen molar-refractivity contribution in [2.75, 3.05) is 11.1 Å². The van der Waals surface area contributed by atoms with E-state index in [0.717, 1.165) is 17.7 Å². The zero-order valence-electron chi connectivity index (χ0n) is 8.95. The van der Waals surface area contributed by atoms with Crippen LogP contribution in [0.2, 0.25) is 0 Å². The molecule has 0 amide bonds. The highest BCUT2D eigenvalue weighted by molar-refractivity contribution is 5.54. The number of aromatic nitrogens is 1. The van der Waals surface area contributed by atoms with Gasteiger partial charge in [-0.25, -0.2) is 8.78 Å². The zero-order valence-corrected chi connectivity index (χ0v) is 8.95. The van der Waals surface area contributed by atoms with Crippen molar-refractivity contribution < 1.29 is 8.78 Å². The summed E-state index contributed by atoms with van der Waals surface area (Å²) in [5.74, 6) is -1.40. The Morgan fingerprint density at radius 3 is 2.29 bits per heavy atom. The molecule has 0 fully saturated rings. The Hall–Kier alpha value is -2.17. The minimum Gasteiger partial charge on any atom is -0.399 e. The molecule has 5 heteroatoms. The summed E-state index contributed by atoms with van der Waals surface area (Å²) in [4.78, 5) is 3.85. The van der Waals surface area contributed by atoms with Gasteiger partial charge in [0.1, 0.15) is 5.69 Å². The van der Waals surface area contributed by atoms with E-state index < -0.39 is 11.6 Å². The molecular weight excluding hydrogens is 224 g/mol. The van der Waals surface area contributed by atoms with Gasteiger partial charge in [0.15, 0.2) is 11.6 Å². The molecule has 2 aromatic rings. The van der Waals surface area contributed by atoms with Crippen LogP contribution in [-0.2, 0) is 6.54 Å². The Kier molecular flexibility index (Phi) is 3.18. The Balaban J connectivity index is 2.15. The lowest BCUT2D eigenvalue weighted by atomic mass is 10.2. The molecule has 0 spiro atoms. The van der Waals surface area contributed by atoms with E-state index in [4.69, 9.17) is 5.73 Å². The molecule has 0 atom stereocenters. The smallest absolute Gasteiger partial charge is 0.151 e. The second-order valence-corrected chi connectivity index (χ2v) is 3.57. The molecule has 1 heterocycles. The highest BCUT2D eigenvalue weighted by atomic mass is 19.1. The second-order valence-electron chi connectivity index (χ2n) is 3.57. The fourth-order valence-corrected chi connectivity index (χ4v) is 1.45. The quantitative estimate of drug-likeness (QED) is 0.804. The molecule has 0 bridgehead atoms. The first-order valence-electron chi connectivity index (χ1n) is 5.04. The van der Waals surface area contributed by atoms with Crippen LogP contribution < -0.4 is 11.1 Å². The maximum absolute atomic E-state index is 13.4. The fraction of sp³-hybridized carbons (Fsp3) is 0.0833. The number of hydrogen-bond donors (Lipinski definition) is 2. The van der Waals surface area contributed by atoms with Crippen molar-refractivity contribution in [3.8, 4) is 0 Å². The molecule has 0 unspecified atom stereocenters. The van der Waals surface area contributed by atoms with Gasteiger partial charge in [-0.05, 0) is 29.8 Å². The maximum atomic E-state index is 13.4. The maximum Gasteiger partial charge on any atom is 0.151 e. The highest BCUT2D eigenvalue weighted by Crippen LogP contribution is 2.22. The van der Waals surface area contributed by atoms with Gasteiger partial charge < -0.3 is 11.1 Å². The van der Waals surface area contributed by atoms with E-state index in [0.29, 0.717) is 6.54 Å². The highest BCUT2D eigenvalue weighted by Gasteiger charge is 2.09. The van der Waals surface area contributed by atoms with Gasteiger partial charge in [-0.15, -0.1) is 0 Å². The van der Waals surface area contributed by atoms with Crippen molar-refractivity contribution in [1.29, 1.82) is 0 Å². The van der Waals surface area contributed by atoms with Gasteiger partial charge in [-0.2, -0.15) is 0 Å². The summed E-state index contributed by atoms with van der Waals surface area (Å²) < 4.78 is 26.8. The van der Waals surface area contributed by atoms with E-state index >= 15 is 0 Å². The minimum atomic E-state index is -0.698. The van der Waals surface area contributed by atoms with E-state index in [1.165, 1.54) is 0 Å². The molecule has 3 nitrogen and oxygen atoms in total. The molecule has 3 N–H and O–H groups in total. The molecule has 0 radical (unpaired) electrons. The van der Waals surface area contributed by atoms with E-state index in [1.807, 2.05) is 0 Å². The second kappa shape index (κ2) is 4.78. The van der Waals surface area contributed by atoms with Crippen molar-refractivity contribution in [3.63, 3.8) is 0 Å². The number of anilines is 2. The van der Waals surface area contributed by atoms with Crippen LogP contribution in [0.1, 0.15) is 5.56 Å². The number of nitrogens with one attached hydrogen (secondary N) is 1. The molecule has 1 aromatic carbocycles. The van der Waals surface area contributed by atoms with Gasteiger partial charge in [0.25, 0.3) is 0 Å². The van der Waals surface area contributed by atoms with Gasteiger partial charge in [0.05, 0.1) is 0 Å². The largest absolute Gasteiger partial charge is 0.399 e. The van der Waals surface area contributed by atoms with Crippen molar-refractivity contribution in [2.45, 2.75) is 6.54 Å². The van der Waals surface area contributed by atoms with Crippen LogP contribution in [0.25, 0.3) is 0 Å². The lowest BCUT2D eigenvalue weighted by Crippen LogP contribution is -2.04. The van der Waals surface area contributed by atoms with Crippen molar-refractivity contribution >= 4 is 11.4 Å². The van der Waals surface area contributed by atoms with Crippen molar-refractivity contribution in [2.24, 2.45) is 0 Å². The summed E-state index contributed by atoms with van der Waals surface area (Å²) in [5.41, 5.74) is 6.10. The summed E-state index contributed by atoms with van der Waals surface area (Å²) in [6.45, 7) is 0.320. The van der Waals surface area contributed by atoms with Gasteiger partial charge >= 0.3 is 0 Å². The van der Waals surface area contributed by atoms with Crippen LogP contribution in [-0.4, -0.2) is 4.98 Å². The average molecular weight is 235 g/mol. The summed E-state index contributed by atoms with van der Waals surface area (Å²) in [6, 6.07) is 5.69. The summed E-state index contributed by atoms with van der Waals surface area (Å²) in [5, 5.41) is 2.69. The molecular formula is C12H11F2N3. The standard InChI is InChI=1S/C12H11F2N3/c13-10-5-9(15)6-11(14)12(10)17-7-8-1-3-16-4-2-8/h1-6,17H,7,15H2. The average Bonchev–Trinajstić information content (AvgIpc) is 2.29. The number of hydrogen-bond acceptors (Lipinski definition) is 3. The lowest BCUT2D eigenvalue weighted by Gasteiger charge is -2.09. The molecule has 17 heavy (non-hydrogen) atoms. The van der Waals surface area contributed by atoms with Crippen LogP contribution >= 0.6 is 0 Å². The van der Waals surface area contributed by atoms with Crippen LogP contribution in [0.3, 0.4) is 0 Å². The summed E-state index contributed by atoms with van der Waals surface area (Å²) >= 11 is 0. The van der Waals surface area contributed by atoms with Crippen LogP contribution in [0.5, 0.6) is 0 Å². The molecule has 1 aromatic heterocycles. The van der Waals surface area contributed by atoms with E-state index in [2.05, 4.69) is 10.3 Å². The number of nitrogen functional groups attached to an aromatic ring is 1. The number of pyridine rings is 1. The molecule has 88 valence electrons. The molecule has 0 saturated carbocycles. The van der Waals surface area contributed by atoms with Gasteiger partial charge in [0, 0.05) is 24.6 Å². The number of halogens is 2. The third-order valence-corrected chi connectivity index (χ3v) is 2.28. The number of nitrogens with two attached hydrogens (primary N) is 1. The normalized spacial score (nSPS) is 10.2. The first kappa shape index (κ1) is 11.3. The predicted octanol–water partition coefficient (Wildman–Crippen LogP) is 2.55. The monoisotopic (exact) mass is 235 g/mol. The van der Waals surface area contributed by atoms with Crippen molar-refractivity contribution in [3.05, 3.63) is 53.9 Å². The molecule has 0 aliphatic rings. The first-order valence-corrected chi connectivity index (χ1v) is 5.04. The van der Waals surface area contributed by atoms with E-state index in [9.17, 15) is 8.78 Å². The van der Waals surface area contributed by atoms with Crippen LogP contribution in [0.4, 0.5) is 20.2 Å². The Morgan fingerprint density at radius 1 is 1.12 bits per heavy atom. The van der Waals surface area contributed by atoms with Gasteiger partial charge in [-0.3, -0.25) is 4.98 Å². The van der Waals surface area contributed by atoms with E-state index in [1.54, 1.807) is 24.5 Å². The third-order valence-electron chi connectivity index (χ3n) is 2.28. The summed E-state index contributed by atoms with van der Waals surface area (Å²) in [7, 11) is 0. The third kappa shape index (κ3) is 2.69. The lowest BCUT2D eigenvalue weighted by molar-refractivity contribution is 0.589. The van der Waals surface area contributed by atoms with Gasteiger partial charge in [-0.1, -0.05) is 0 Å². The topological polar surface area (TPSA) is 50.9 Å². The Labute approximate surface area is 97.3 Å². The van der Waals surface area contributed by atoms with Gasteiger partial charge in [0.2, 0.25) is 0 Å². The molecule has 0 aliphatic heterocycles. The van der Waals surface area contributed by atoms with Crippen LogP contribution in [0, 0.1) is 11.6 Å². The van der Waals surface area contributed by atoms with E-state index in [-0.39, 0.29) is 11.4 Å². The Morgan fingerprint density at radius 2 is 1.71 bits per heavy atom. The first-order chi connectivity index (χ1) is 8.16.